The van der Waals surface area contributed by atoms with Gasteiger partial charge in [-0.05, 0) is 18.3 Å². The number of rotatable bonds is 4. The molecule has 1 aliphatic carbocycles. The molecule has 1 saturated carbocycles. The zero-order valence-electron chi connectivity index (χ0n) is 9.98. The summed E-state index contributed by atoms with van der Waals surface area (Å²) in [7, 11) is 0. The third kappa shape index (κ3) is 2.99. The van der Waals surface area contributed by atoms with Crippen molar-refractivity contribution in [3.05, 3.63) is 12.0 Å². The molecule has 5 heteroatoms. The average molecular weight is 238 g/mol. The van der Waals surface area contributed by atoms with Crippen LogP contribution in [0.4, 0.5) is 6.01 Å². The van der Waals surface area contributed by atoms with E-state index in [1.165, 1.54) is 25.7 Å². The second-order valence-electron chi connectivity index (χ2n) is 4.75. The van der Waals surface area contributed by atoms with Gasteiger partial charge in [-0.25, -0.2) is 4.79 Å². The molecule has 1 fully saturated rings. The van der Waals surface area contributed by atoms with Crippen molar-refractivity contribution in [2.24, 2.45) is 11.8 Å². The van der Waals surface area contributed by atoms with E-state index in [9.17, 15) is 4.79 Å². The van der Waals surface area contributed by atoms with Crippen LogP contribution < -0.4 is 5.32 Å². The summed E-state index contributed by atoms with van der Waals surface area (Å²) < 4.78 is 5.05. The number of hydrogen-bond donors (Lipinski definition) is 2. The van der Waals surface area contributed by atoms with Crippen LogP contribution in [0.5, 0.6) is 0 Å². The molecule has 5 nitrogen and oxygen atoms in total. The van der Waals surface area contributed by atoms with Gasteiger partial charge in [0.25, 0.3) is 6.01 Å². The first-order valence-corrected chi connectivity index (χ1v) is 6.09. The lowest BCUT2D eigenvalue weighted by atomic mass is 9.80. The molecule has 2 atom stereocenters. The van der Waals surface area contributed by atoms with Crippen LogP contribution in [-0.4, -0.2) is 22.6 Å². The Bertz CT molecular complexity index is 389. The third-order valence-corrected chi connectivity index (χ3v) is 3.53. The lowest BCUT2D eigenvalue weighted by Crippen LogP contribution is -2.24. The van der Waals surface area contributed by atoms with Gasteiger partial charge in [0.15, 0.2) is 5.69 Å². The highest BCUT2D eigenvalue weighted by atomic mass is 16.4. The summed E-state index contributed by atoms with van der Waals surface area (Å²) in [6.07, 6.45) is 6.26. The van der Waals surface area contributed by atoms with Crippen molar-refractivity contribution in [3.63, 3.8) is 0 Å². The number of carboxylic acids is 1. The Morgan fingerprint density at radius 3 is 3.00 bits per heavy atom. The molecule has 2 N–H and O–H groups in total. The molecule has 0 spiro atoms. The molecule has 1 aliphatic rings. The second-order valence-corrected chi connectivity index (χ2v) is 4.75. The first-order valence-electron chi connectivity index (χ1n) is 6.09. The molecule has 1 aromatic heterocycles. The summed E-state index contributed by atoms with van der Waals surface area (Å²) in [5.41, 5.74) is -0.0517. The van der Waals surface area contributed by atoms with Crippen molar-refractivity contribution in [1.29, 1.82) is 0 Å². The molecule has 1 heterocycles. The van der Waals surface area contributed by atoms with Crippen LogP contribution >= 0.6 is 0 Å². The smallest absolute Gasteiger partial charge is 0.357 e. The van der Waals surface area contributed by atoms with Crippen molar-refractivity contribution in [3.8, 4) is 0 Å². The molecule has 17 heavy (non-hydrogen) atoms. The number of hydrogen-bond acceptors (Lipinski definition) is 4. The summed E-state index contributed by atoms with van der Waals surface area (Å²) >= 11 is 0. The fourth-order valence-electron chi connectivity index (χ4n) is 2.37. The van der Waals surface area contributed by atoms with Crippen LogP contribution in [0.25, 0.3) is 0 Å². The van der Waals surface area contributed by atoms with Crippen molar-refractivity contribution in [2.45, 2.75) is 32.6 Å². The fourth-order valence-corrected chi connectivity index (χ4v) is 2.37. The maximum atomic E-state index is 10.6. The minimum Gasteiger partial charge on any atom is -0.476 e. The normalized spacial score (nSPS) is 24.5. The molecule has 2 rings (SSSR count). The summed E-state index contributed by atoms with van der Waals surface area (Å²) in [5.74, 6) is 0.280. The van der Waals surface area contributed by atoms with Crippen molar-refractivity contribution in [1.82, 2.24) is 4.98 Å². The maximum Gasteiger partial charge on any atom is 0.357 e. The molecule has 0 radical (unpaired) electrons. The third-order valence-electron chi connectivity index (χ3n) is 3.53. The molecule has 94 valence electrons. The zero-order chi connectivity index (χ0) is 12.3. The zero-order valence-corrected chi connectivity index (χ0v) is 9.98. The summed E-state index contributed by atoms with van der Waals surface area (Å²) in [5, 5.41) is 11.8. The minimum absolute atomic E-state index is 0.0517. The number of aromatic carboxylic acids is 1. The highest BCUT2D eigenvalue weighted by Gasteiger charge is 2.21. The Morgan fingerprint density at radius 2 is 2.35 bits per heavy atom. The van der Waals surface area contributed by atoms with Gasteiger partial charge in [0.1, 0.15) is 6.26 Å². The van der Waals surface area contributed by atoms with E-state index >= 15 is 0 Å². The number of nitrogens with one attached hydrogen (secondary N) is 1. The van der Waals surface area contributed by atoms with Crippen LogP contribution in [0.15, 0.2) is 10.7 Å². The number of nitrogens with zero attached hydrogens (tertiary/aromatic N) is 1. The molecule has 1 aromatic rings. The summed E-state index contributed by atoms with van der Waals surface area (Å²) in [6, 6.07) is 0.306. The van der Waals surface area contributed by atoms with Crippen molar-refractivity contribution in [2.75, 3.05) is 11.9 Å². The lowest BCUT2D eigenvalue weighted by molar-refractivity contribution is 0.0690. The predicted molar refractivity (Wildman–Crippen MR) is 63.1 cm³/mol. The highest BCUT2D eigenvalue weighted by molar-refractivity contribution is 5.85. The maximum absolute atomic E-state index is 10.6. The molecular formula is C12H18N2O3. The summed E-state index contributed by atoms with van der Waals surface area (Å²) in [6.45, 7) is 3.07. The molecule has 0 aliphatic heterocycles. The Kier molecular flexibility index (Phi) is 3.66. The molecule has 0 amide bonds. The van der Waals surface area contributed by atoms with E-state index < -0.39 is 5.97 Å². The van der Waals surface area contributed by atoms with Gasteiger partial charge in [-0.15, -0.1) is 0 Å². The fraction of sp³-hybridized carbons (Fsp3) is 0.667. The van der Waals surface area contributed by atoms with Gasteiger partial charge < -0.3 is 14.8 Å². The van der Waals surface area contributed by atoms with Gasteiger partial charge in [0.05, 0.1) is 0 Å². The number of carboxylic acid groups (broad SMARTS) is 1. The van der Waals surface area contributed by atoms with Crippen molar-refractivity contribution < 1.29 is 14.3 Å². The van der Waals surface area contributed by atoms with Gasteiger partial charge in [-0.3, -0.25) is 0 Å². The summed E-state index contributed by atoms with van der Waals surface area (Å²) in [4.78, 5) is 14.5. The number of aromatic nitrogens is 1. The number of carbonyl (C=O) groups is 1. The monoisotopic (exact) mass is 238 g/mol. The van der Waals surface area contributed by atoms with E-state index in [0.29, 0.717) is 17.9 Å². The molecule has 2 unspecified atom stereocenters. The average Bonchev–Trinajstić information content (AvgIpc) is 2.77. The van der Waals surface area contributed by atoms with Gasteiger partial charge >= 0.3 is 5.97 Å². The van der Waals surface area contributed by atoms with E-state index in [-0.39, 0.29) is 5.69 Å². The lowest BCUT2D eigenvalue weighted by Gasteiger charge is -2.28. The van der Waals surface area contributed by atoms with Gasteiger partial charge in [-0.2, -0.15) is 4.98 Å². The molecule has 0 saturated heterocycles. The van der Waals surface area contributed by atoms with Gasteiger partial charge in [0, 0.05) is 6.54 Å². The van der Waals surface area contributed by atoms with E-state index in [1.54, 1.807) is 0 Å². The Balaban J connectivity index is 1.86. The van der Waals surface area contributed by atoms with Crippen LogP contribution in [0.2, 0.25) is 0 Å². The van der Waals surface area contributed by atoms with Crippen LogP contribution in [-0.2, 0) is 0 Å². The van der Waals surface area contributed by atoms with Crippen LogP contribution in [0.1, 0.15) is 43.1 Å². The quantitative estimate of drug-likeness (QED) is 0.843. The van der Waals surface area contributed by atoms with E-state index in [2.05, 4.69) is 17.2 Å². The van der Waals surface area contributed by atoms with E-state index in [4.69, 9.17) is 9.52 Å². The Labute approximate surface area is 100 Å². The number of anilines is 1. The Morgan fingerprint density at radius 1 is 1.59 bits per heavy atom. The van der Waals surface area contributed by atoms with Crippen molar-refractivity contribution >= 4 is 12.0 Å². The largest absolute Gasteiger partial charge is 0.476 e. The van der Waals surface area contributed by atoms with E-state index in [1.807, 2.05) is 0 Å². The predicted octanol–water partition coefficient (Wildman–Crippen LogP) is 2.61. The number of oxazole rings is 1. The van der Waals surface area contributed by atoms with E-state index in [0.717, 1.165) is 12.8 Å². The highest BCUT2D eigenvalue weighted by Crippen LogP contribution is 2.29. The van der Waals surface area contributed by atoms with Gasteiger partial charge in [0.2, 0.25) is 0 Å². The molecule has 0 aromatic carbocycles. The first-order chi connectivity index (χ1) is 8.16. The van der Waals surface area contributed by atoms with Crippen LogP contribution in [0.3, 0.4) is 0 Å². The van der Waals surface area contributed by atoms with Gasteiger partial charge in [-0.1, -0.05) is 26.2 Å². The SMILES string of the molecule is CC1CCCCC1CNc1nc(C(=O)O)co1. The first kappa shape index (κ1) is 12.0. The minimum atomic E-state index is -1.06. The topological polar surface area (TPSA) is 75.4 Å². The Hall–Kier alpha value is -1.52. The van der Waals surface area contributed by atoms with Crippen LogP contribution in [0, 0.1) is 11.8 Å². The molecule has 0 bridgehead atoms. The standard InChI is InChI=1S/C12H18N2O3/c1-8-4-2-3-5-9(8)6-13-12-14-10(7-17-12)11(15)16/h7-9H,2-6H2,1H3,(H,13,14)(H,15,16). The second kappa shape index (κ2) is 5.21. The molecular weight excluding hydrogens is 220 g/mol.